The fraction of sp³-hybridized carbons (Fsp3) is 0.188. The van der Waals surface area contributed by atoms with Crippen LogP contribution in [0.1, 0.15) is 17.3 Å². The molecule has 0 spiro atoms. The highest BCUT2D eigenvalue weighted by Crippen LogP contribution is 2.20. The molecule has 2 aromatic heterocycles. The molecule has 0 aliphatic rings. The third-order valence-electron chi connectivity index (χ3n) is 3.29. The van der Waals surface area contributed by atoms with Crippen LogP contribution in [-0.2, 0) is 0 Å². The van der Waals surface area contributed by atoms with E-state index in [-0.39, 0.29) is 11.9 Å². The van der Waals surface area contributed by atoms with Gasteiger partial charge >= 0.3 is 0 Å². The lowest BCUT2D eigenvalue weighted by molar-refractivity contribution is 0.102. The van der Waals surface area contributed by atoms with E-state index in [0.717, 1.165) is 5.69 Å². The maximum Gasteiger partial charge on any atom is 0.261 e. The molecular weight excluding hydrogens is 294 g/mol. The summed E-state index contributed by atoms with van der Waals surface area (Å²) in [5.41, 5.74) is 1.92. The zero-order chi connectivity index (χ0) is 16.2. The molecule has 3 aromatic rings. The monoisotopic (exact) mass is 311 g/mol. The second kappa shape index (κ2) is 6.35. The number of hydrogen-bond acceptors (Lipinski definition) is 5. The SMILES string of the molecule is CCOc1ccccc1C(=O)Nc1nc2c(NC)cccn2n1. The molecule has 2 heterocycles. The molecule has 118 valence electrons. The Bertz CT molecular complexity index is 843. The number of benzene rings is 1. The van der Waals surface area contributed by atoms with E-state index in [2.05, 4.69) is 20.7 Å². The molecule has 0 atom stereocenters. The highest BCUT2D eigenvalue weighted by molar-refractivity contribution is 6.05. The molecule has 0 saturated carbocycles. The highest BCUT2D eigenvalue weighted by Gasteiger charge is 2.15. The number of aromatic nitrogens is 3. The summed E-state index contributed by atoms with van der Waals surface area (Å²) in [4.78, 5) is 16.8. The maximum absolute atomic E-state index is 12.4. The largest absolute Gasteiger partial charge is 0.493 e. The van der Waals surface area contributed by atoms with Gasteiger partial charge in [0, 0.05) is 13.2 Å². The fourth-order valence-electron chi connectivity index (χ4n) is 2.26. The van der Waals surface area contributed by atoms with Crippen molar-refractivity contribution >= 4 is 23.2 Å². The lowest BCUT2D eigenvalue weighted by atomic mass is 10.2. The second-order valence-corrected chi connectivity index (χ2v) is 4.76. The van der Waals surface area contributed by atoms with Gasteiger partial charge in [-0.15, -0.1) is 5.10 Å². The number of carbonyl (C=O) groups is 1. The molecule has 0 aliphatic carbocycles. The lowest BCUT2D eigenvalue weighted by Crippen LogP contribution is -2.14. The van der Waals surface area contributed by atoms with Gasteiger partial charge in [0.05, 0.1) is 17.9 Å². The van der Waals surface area contributed by atoms with Crippen molar-refractivity contribution in [2.75, 3.05) is 24.3 Å². The van der Waals surface area contributed by atoms with E-state index in [1.54, 1.807) is 36.0 Å². The maximum atomic E-state index is 12.4. The van der Waals surface area contributed by atoms with Crippen LogP contribution in [0.2, 0.25) is 0 Å². The number of nitrogens with zero attached hydrogens (tertiary/aromatic N) is 3. The minimum atomic E-state index is -0.309. The average molecular weight is 311 g/mol. The molecule has 7 heteroatoms. The Morgan fingerprint density at radius 3 is 2.87 bits per heavy atom. The Kier molecular flexibility index (Phi) is 4.09. The van der Waals surface area contributed by atoms with Crippen molar-refractivity contribution < 1.29 is 9.53 Å². The molecule has 0 saturated heterocycles. The number of para-hydroxylation sites is 1. The summed E-state index contributed by atoms with van der Waals surface area (Å²) in [5.74, 6) is 0.465. The van der Waals surface area contributed by atoms with Crippen molar-refractivity contribution in [1.29, 1.82) is 0 Å². The molecule has 2 N–H and O–H groups in total. The van der Waals surface area contributed by atoms with Crippen molar-refractivity contribution in [3.05, 3.63) is 48.2 Å². The molecule has 3 rings (SSSR count). The zero-order valence-electron chi connectivity index (χ0n) is 12.9. The standard InChI is InChI=1S/C16H17N5O2/c1-3-23-13-9-5-4-7-11(13)15(22)19-16-18-14-12(17-2)8-6-10-21(14)20-16/h4-10,17H,3H2,1-2H3,(H,19,20,22). The summed E-state index contributed by atoms with van der Waals surface area (Å²) in [6.45, 7) is 2.36. The van der Waals surface area contributed by atoms with Crippen molar-refractivity contribution in [1.82, 2.24) is 14.6 Å². The summed E-state index contributed by atoms with van der Waals surface area (Å²) in [6, 6.07) is 10.8. The number of amides is 1. The first-order valence-electron chi connectivity index (χ1n) is 7.29. The smallest absolute Gasteiger partial charge is 0.261 e. The predicted molar refractivity (Wildman–Crippen MR) is 88.1 cm³/mol. The first kappa shape index (κ1) is 14.8. The van der Waals surface area contributed by atoms with Gasteiger partial charge in [-0.25, -0.2) is 4.52 Å². The minimum Gasteiger partial charge on any atom is -0.493 e. The van der Waals surface area contributed by atoms with Crippen LogP contribution in [0.3, 0.4) is 0 Å². The van der Waals surface area contributed by atoms with Crippen LogP contribution in [0.25, 0.3) is 5.65 Å². The summed E-state index contributed by atoms with van der Waals surface area (Å²) in [5, 5.41) is 10.0. The van der Waals surface area contributed by atoms with Crippen molar-refractivity contribution in [3.8, 4) is 5.75 Å². The third-order valence-corrected chi connectivity index (χ3v) is 3.29. The molecule has 0 aliphatic heterocycles. The summed E-state index contributed by atoms with van der Waals surface area (Å²) in [7, 11) is 1.81. The van der Waals surface area contributed by atoms with Crippen LogP contribution in [0.4, 0.5) is 11.6 Å². The number of hydrogen-bond donors (Lipinski definition) is 2. The number of pyridine rings is 1. The second-order valence-electron chi connectivity index (χ2n) is 4.76. The Morgan fingerprint density at radius 1 is 1.26 bits per heavy atom. The van der Waals surface area contributed by atoms with Gasteiger partial charge in [-0.05, 0) is 31.2 Å². The lowest BCUT2D eigenvalue weighted by Gasteiger charge is -2.08. The molecule has 23 heavy (non-hydrogen) atoms. The van der Waals surface area contributed by atoms with Gasteiger partial charge in [-0.2, -0.15) is 4.98 Å². The van der Waals surface area contributed by atoms with Crippen LogP contribution in [0.15, 0.2) is 42.6 Å². The average Bonchev–Trinajstić information content (AvgIpc) is 2.97. The molecule has 1 amide bonds. The van der Waals surface area contributed by atoms with Crippen LogP contribution in [-0.4, -0.2) is 34.2 Å². The molecule has 0 bridgehead atoms. The topological polar surface area (TPSA) is 80.5 Å². The molecule has 0 radical (unpaired) electrons. The van der Waals surface area contributed by atoms with Gasteiger partial charge in [-0.3, -0.25) is 10.1 Å². The van der Waals surface area contributed by atoms with E-state index in [0.29, 0.717) is 23.6 Å². The normalized spacial score (nSPS) is 10.5. The molecule has 1 aromatic carbocycles. The van der Waals surface area contributed by atoms with Crippen molar-refractivity contribution in [3.63, 3.8) is 0 Å². The molecule has 7 nitrogen and oxygen atoms in total. The van der Waals surface area contributed by atoms with Gasteiger partial charge in [0.15, 0.2) is 5.65 Å². The number of nitrogens with one attached hydrogen (secondary N) is 2. The molecule has 0 unspecified atom stereocenters. The van der Waals surface area contributed by atoms with Gasteiger partial charge in [0.25, 0.3) is 5.91 Å². The number of ether oxygens (including phenoxy) is 1. The van der Waals surface area contributed by atoms with Crippen LogP contribution in [0.5, 0.6) is 5.75 Å². The van der Waals surface area contributed by atoms with Crippen LogP contribution in [0, 0.1) is 0 Å². The van der Waals surface area contributed by atoms with Gasteiger partial charge < -0.3 is 10.1 Å². The van der Waals surface area contributed by atoms with Gasteiger partial charge in [-0.1, -0.05) is 12.1 Å². The Labute approximate surface area is 133 Å². The van der Waals surface area contributed by atoms with Crippen LogP contribution >= 0.6 is 0 Å². The molecule has 0 fully saturated rings. The number of carbonyl (C=O) groups excluding carboxylic acids is 1. The van der Waals surface area contributed by atoms with Crippen molar-refractivity contribution in [2.45, 2.75) is 6.92 Å². The number of anilines is 2. The predicted octanol–water partition coefficient (Wildman–Crippen LogP) is 2.42. The highest BCUT2D eigenvalue weighted by atomic mass is 16.5. The molecular formula is C16H17N5O2. The fourth-order valence-corrected chi connectivity index (χ4v) is 2.26. The summed E-state index contributed by atoms with van der Waals surface area (Å²) >= 11 is 0. The third kappa shape index (κ3) is 2.94. The summed E-state index contributed by atoms with van der Waals surface area (Å²) < 4.78 is 7.08. The minimum absolute atomic E-state index is 0.240. The van der Waals surface area contributed by atoms with E-state index in [1.807, 2.05) is 25.1 Å². The zero-order valence-corrected chi connectivity index (χ0v) is 12.9. The van der Waals surface area contributed by atoms with E-state index >= 15 is 0 Å². The van der Waals surface area contributed by atoms with Crippen LogP contribution < -0.4 is 15.4 Å². The van der Waals surface area contributed by atoms with Crippen molar-refractivity contribution in [2.24, 2.45) is 0 Å². The number of rotatable bonds is 5. The number of fused-ring (bicyclic) bond motifs is 1. The first-order valence-corrected chi connectivity index (χ1v) is 7.29. The first-order chi connectivity index (χ1) is 11.2. The van der Waals surface area contributed by atoms with E-state index in [4.69, 9.17) is 4.74 Å². The van der Waals surface area contributed by atoms with E-state index in [1.165, 1.54) is 0 Å². The Morgan fingerprint density at radius 2 is 2.09 bits per heavy atom. The van der Waals surface area contributed by atoms with E-state index in [9.17, 15) is 4.79 Å². The van der Waals surface area contributed by atoms with Gasteiger partial charge in [0.1, 0.15) is 5.75 Å². The van der Waals surface area contributed by atoms with E-state index < -0.39 is 0 Å². The summed E-state index contributed by atoms with van der Waals surface area (Å²) in [6.07, 6.45) is 1.77. The Hall–Kier alpha value is -3.09. The Balaban J connectivity index is 1.89. The quantitative estimate of drug-likeness (QED) is 0.756. The van der Waals surface area contributed by atoms with Gasteiger partial charge in [0.2, 0.25) is 5.95 Å².